The number of rotatable bonds is 18. The topological polar surface area (TPSA) is 91.3 Å². The molecule has 0 saturated carbocycles. The Balaban J connectivity index is 4.65. The van der Waals surface area contributed by atoms with Crippen molar-refractivity contribution < 1.29 is 33.6 Å². The summed E-state index contributed by atoms with van der Waals surface area (Å²) in [6.07, 6.45) is 7.39. The molecule has 160 valence electrons. The van der Waals surface area contributed by atoms with Gasteiger partial charge in [-0.1, -0.05) is 51.9 Å². The lowest BCUT2D eigenvalue weighted by molar-refractivity contribution is -0.284. The molecule has 0 rings (SSSR count). The van der Waals surface area contributed by atoms with Crippen LogP contribution in [0, 0.1) is 0 Å². The minimum absolute atomic E-state index is 0.0870. The maximum Gasteiger partial charge on any atom is 0.370 e. The second-order valence-electron chi connectivity index (χ2n) is 6.32. The monoisotopic (exact) mass is 390 g/mol. The van der Waals surface area contributed by atoms with E-state index in [0.29, 0.717) is 0 Å². The number of carbonyl (C=O) groups is 2. The average Bonchev–Trinajstić information content (AvgIpc) is 2.64. The van der Waals surface area contributed by atoms with Gasteiger partial charge < -0.3 is 24.1 Å². The summed E-state index contributed by atoms with van der Waals surface area (Å²) >= 11 is 0. The molecule has 0 aromatic rings. The van der Waals surface area contributed by atoms with Crippen molar-refractivity contribution in [2.45, 2.75) is 91.0 Å². The summed E-state index contributed by atoms with van der Waals surface area (Å²) in [5, 5.41) is 9.48. The van der Waals surface area contributed by atoms with Crippen LogP contribution >= 0.6 is 0 Å². The Morgan fingerprint density at radius 3 is 1.78 bits per heavy atom. The van der Waals surface area contributed by atoms with Crippen molar-refractivity contribution in [1.29, 1.82) is 0 Å². The number of carboxylic acids is 1. The maximum absolute atomic E-state index is 12.7. The third-order valence-corrected chi connectivity index (χ3v) is 4.14. The van der Waals surface area contributed by atoms with E-state index in [9.17, 15) is 14.7 Å². The third kappa shape index (κ3) is 9.53. The fourth-order valence-electron chi connectivity index (χ4n) is 2.86. The molecule has 0 radical (unpaired) electrons. The predicted octanol–water partition coefficient (Wildman–Crippen LogP) is 3.93. The molecule has 1 unspecified atom stereocenters. The summed E-state index contributed by atoms with van der Waals surface area (Å²) in [5.41, 5.74) is 0. The molecule has 0 aliphatic carbocycles. The Kier molecular flexibility index (Phi) is 15.1. The first-order valence-corrected chi connectivity index (χ1v) is 10.3. The van der Waals surface area contributed by atoms with E-state index in [1.807, 2.05) is 0 Å². The normalized spacial score (nSPS) is 12.7. The summed E-state index contributed by atoms with van der Waals surface area (Å²) in [6, 6.07) is 0. The largest absolute Gasteiger partial charge is 0.479 e. The Morgan fingerprint density at radius 1 is 0.815 bits per heavy atom. The van der Waals surface area contributed by atoms with Gasteiger partial charge in [-0.2, -0.15) is 0 Å². The van der Waals surface area contributed by atoms with Gasteiger partial charge in [0.05, 0.1) is 6.61 Å². The van der Waals surface area contributed by atoms with E-state index in [1.165, 1.54) is 32.1 Å². The number of carboxylic acid groups (broad SMARTS) is 1. The predicted molar refractivity (Wildman–Crippen MR) is 103 cm³/mol. The van der Waals surface area contributed by atoms with Gasteiger partial charge in [0, 0.05) is 19.8 Å². The van der Waals surface area contributed by atoms with Crippen molar-refractivity contribution in [3.8, 4) is 0 Å². The zero-order valence-electron chi connectivity index (χ0n) is 17.5. The Bertz CT molecular complexity index is 392. The van der Waals surface area contributed by atoms with E-state index in [4.69, 9.17) is 18.9 Å². The lowest BCUT2D eigenvalue weighted by atomic mass is 10.1. The number of ether oxygens (including phenoxy) is 4. The van der Waals surface area contributed by atoms with Crippen LogP contribution in [0.2, 0.25) is 0 Å². The molecule has 27 heavy (non-hydrogen) atoms. The zero-order valence-corrected chi connectivity index (χ0v) is 17.5. The molecule has 0 heterocycles. The lowest BCUT2D eigenvalue weighted by Gasteiger charge is -2.34. The molecule has 0 saturated heterocycles. The fraction of sp³-hybridized carbons (Fsp3) is 0.900. The molecule has 0 aliphatic rings. The van der Waals surface area contributed by atoms with Crippen LogP contribution < -0.4 is 0 Å². The molecule has 0 amide bonds. The summed E-state index contributed by atoms with van der Waals surface area (Å²) in [6.45, 7) is 7.63. The van der Waals surface area contributed by atoms with Crippen molar-refractivity contribution in [2.24, 2.45) is 0 Å². The molecular formula is C20H38O7. The molecule has 0 aromatic heterocycles. The number of hydrogen-bond acceptors (Lipinski definition) is 6. The minimum Gasteiger partial charge on any atom is -0.479 e. The first-order valence-electron chi connectivity index (χ1n) is 10.3. The van der Waals surface area contributed by atoms with Gasteiger partial charge in [0.25, 0.3) is 0 Å². The van der Waals surface area contributed by atoms with Gasteiger partial charge >= 0.3 is 17.7 Å². The lowest BCUT2D eigenvalue weighted by Crippen LogP contribution is -2.59. The quantitative estimate of drug-likeness (QED) is 0.215. The molecule has 0 bridgehead atoms. The van der Waals surface area contributed by atoms with Crippen LogP contribution in [0.1, 0.15) is 79.1 Å². The summed E-state index contributed by atoms with van der Waals surface area (Å²) in [5.74, 6) is -4.27. The zero-order chi connectivity index (χ0) is 20.5. The average molecular weight is 391 g/mol. The highest BCUT2D eigenvalue weighted by atomic mass is 16.7. The minimum atomic E-state index is -2.09. The van der Waals surface area contributed by atoms with E-state index >= 15 is 0 Å². The van der Waals surface area contributed by atoms with Gasteiger partial charge in [-0.15, -0.1) is 0 Å². The van der Waals surface area contributed by atoms with Crippen LogP contribution in [0.15, 0.2) is 0 Å². The fourth-order valence-corrected chi connectivity index (χ4v) is 2.86. The van der Waals surface area contributed by atoms with Gasteiger partial charge in [0.2, 0.25) is 6.10 Å². The maximum atomic E-state index is 12.7. The molecule has 0 aromatic carbocycles. The van der Waals surface area contributed by atoms with E-state index in [2.05, 4.69) is 6.92 Å². The Labute approximate surface area is 163 Å². The number of esters is 1. The SMILES string of the molecule is CCCCCCCCCCOC(=O)C(OCC)(OCC)C(OCC)C(=O)O. The third-order valence-electron chi connectivity index (χ3n) is 4.14. The van der Waals surface area contributed by atoms with Crippen molar-refractivity contribution in [3.63, 3.8) is 0 Å². The summed E-state index contributed by atoms with van der Waals surface area (Å²) in [7, 11) is 0. The Morgan fingerprint density at radius 2 is 1.33 bits per heavy atom. The first kappa shape index (κ1) is 25.8. The highest BCUT2D eigenvalue weighted by molar-refractivity contribution is 5.87. The first-order chi connectivity index (χ1) is 13.0. The molecule has 1 atom stereocenters. The number of carbonyl (C=O) groups excluding carboxylic acids is 1. The summed E-state index contributed by atoms with van der Waals surface area (Å²) in [4.78, 5) is 24.3. The van der Waals surface area contributed by atoms with Crippen molar-refractivity contribution in [1.82, 2.24) is 0 Å². The van der Waals surface area contributed by atoms with Crippen molar-refractivity contribution in [2.75, 3.05) is 26.4 Å². The van der Waals surface area contributed by atoms with Crippen LogP contribution in [0.5, 0.6) is 0 Å². The molecule has 7 nitrogen and oxygen atoms in total. The van der Waals surface area contributed by atoms with Gasteiger partial charge in [-0.05, 0) is 27.2 Å². The van der Waals surface area contributed by atoms with Crippen LogP contribution in [0.25, 0.3) is 0 Å². The van der Waals surface area contributed by atoms with Crippen LogP contribution in [-0.2, 0) is 28.5 Å². The van der Waals surface area contributed by atoms with Gasteiger partial charge in [-0.25, -0.2) is 9.59 Å². The molecule has 1 N–H and O–H groups in total. The van der Waals surface area contributed by atoms with E-state index in [0.717, 1.165) is 19.3 Å². The molecule has 0 aliphatic heterocycles. The van der Waals surface area contributed by atoms with Crippen LogP contribution in [0.3, 0.4) is 0 Å². The Hall–Kier alpha value is -1.18. The molecule has 0 fully saturated rings. The van der Waals surface area contributed by atoms with Gasteiger partial charge in [-0.3, -0.25) is 0 Å². The van der Waals surface area contributed by atoms with E-state index in [1.54, 1.807) is 20.8 Å². The van der Waals surface area contributed by atoms with Crippen molar-refractivity contribution >= 4 is 11.9 Å². The number of aliphatic carboxylic acids is 1. The molecular weight excluding hydrogens is 352 g/mol. The standard InChI is InChI=1S/C20H38O7/c1-5-9-10-11-12-13-14-15-16-25-19(23)20(26-7-3,27-8-4)17(18(21)22)24-6-2/h17H,5-16H2,1-4H3,(H,21,22). The second-order valence-corrected chi connectivity index (χ2v) is 6.32. The van der Waals surface area contributed by atoms with E-state index < -0.39 is 23.8 Å². The van der Waals surface area contributed by atoms with Crippen LogP contribution in [-0.4, -0.2) is 55.4 Å². The summed E-state index contributed by atoms with van der Waals surface area (Å²) < 4.78 is 21.4. The second kappa shape index (κ2) is 15.8. The smallest absolute Gasteiger partial charge is 0.370 e. The highest BCUT2D eigenvalue weighted by Gasteiger charge is 2.54. The van der Waals surface area contributed by atoms with E-state index in [-0.39, 0.29) is 26.4 Å². The molecule has 7 heteroatoms. The van der Waals surface area contributed by atoms with Crippen LogP contribution in [0.4, 0.5) is 0 Å². The van der Waals surface area contributed by atoms with Gasteiger partial charge in [0.1, 0.15) is 0 Å². The molecule has 0 spiro atoms. The van der Waals surface area contributed by atoms with Gasteiger partial charge in [0.15, 0.2) is 0 Å². The van der Waals surface area contributed by atoms with Crippen molar-refractivity contribution in [3.05, 3.63) is 0 Å². The highest BCUT2D eigenvalue weighted by Crippen LogP contribution is 2.24. The number of unbranched alkanes of at least 4 members (excludes halogenated alkanes) is 7. The number of hydrogen-bond donors (Lipinski definition) is 1.